The number of carbonyl (C=O) groups is 2. The highest BCUT2D eigenvalue weighted by Gasteiger charge is 2.16. The Labute approximate surface area is 114 Å². The summed E-state index contributed by atoms with van der Waals surface area (Å²) < 4.78 is 5.03. The van der Waals surface area contributed by atoms with E-state index in [9.17, 15) is 9.59 Å². The first-order chi connectivity index (χ1) is 9.19. The van der Waals surface area contributed by atoms with E-state index in [4.69, 9.17) is 4.74 Å². The minimum absolute atomic E-state index is 0.0400. The zero-order chi connectivity index (χ0) is 13.7. The van der Waals surface area contributed by atoms with Gasteiger partial charge in [0.15, 0.2) is 5.78 Å². The van der Waals surface area contributed by atoms with Crippen molar-refractivity contribution in [1.82, 2.24) is 0 Å². The van der Waals surface area contributed by atoms with Crippen molar-refractivity contribution in [1.29, 1.82) is 0 Å². The molecule has 0 bridgehead atoms. The lowest BCUT2D eigenvalue weighted by molar-refractivity contribution is -0.113. The van der Waals surface area contributed by atoms with E-state index in [1.807, 2.05) is 0 Å². The van der Waals surface area contributed by atoms with Crippen LogP contribution in [0.25, 0.3) is 0 Å². The van der Waals surface area contributed by atoms with Crippen molar-refractivity contribution in [2.45, 2.75) is 11.8 Å². The van der Waals surface area contributed by atoms with Crippen LogP contribution < -0.4 is 4.74 Å². The number of thioether (sulfide) groups is 1. The molecule has 0 aromatic heterocycles. The van der Waals surface area contributed by atoms with Crippen LogP contribution in [0.15, 0.2) is 46.0 Å². The van der Waals surface area contributed by atoms with Gasteiger partial charge < -0.3 is 4.74 Å². The molecule has 98 valence electrons. The number of hydrogen-bond acceptors (Lipinski definition) is 5. The van der Waals surface area contributed by atoms with Gasteiger partial charge in [-0.15, -0.1) is 16.9 Å². The summed E-state index contributed by atoms with van der Waals surface area (Å²) >= 11 is 1.31. The maximum atomic E-state index is 12.0. The molecule has 0 N–H and O–H groups in total. The maximum Gasteiger partial charge on any atom is 0.288 e. The fourth-order valence-electron chi connectivity index (χ4n) is 1.51. The maximum absolute atomic E-state index is 12.0. The predicted octanol–water partition coefficient (Wildman–Crippen LogP) is 2.83. The van der Waals surface area contributed by atoms with Crippen LogP contribution >= 0.6 is 11.8 Å². The summed E-state index contributed by atoms with van der Waals surface area (Å²) in [6.45, 7) is 0. The molecule has 1 amide bonds. The highest BCUT2D eigenvalue weighted by atomic mass is 32.2. The summed E-state index contributed by atoms with van der Waals surface area (Å²) in [5, 5.41) is 8.59. The zero-order valence-electron chi connectivity index (χ0n) is 10.3. The third-order valence-corrected chi connectivity index (χ3v) is 3.37. The van der Waals surface area contributed by atoms with Gasteiger partial charge in [-0.25, -0.2) is 0 Å². The normalized spacial score (nSPS) is 18.2. The molecule has 1 atom stereocenters. The molecule has 0 saturated heterocycles. The molecule has 0 saturated carbocycles. The summed E-state index contributed by atoms with van der Waals surface area (Å²) in [6, 6.07) is 6.89. The molecule has 6 heteroatoms. The Balaban J connectivity index is 2.02. The lowest BCUT2D eigenvalue weighted by atomic mass is 10.1. The second kappa shape index (κ2) is 6.29. The third-order valence-electron chi connectivity index (χ3n) is 2.50. The topological polar surface area (TPSA) is 68.1 Å². The number of benzene rings is 1. The largest absolute Gasteiger partial charge is 0.497 e. The number of methoxy groups -OCH3 is 1. The summed E-state index contributed by atoms with van der Waals surface area (Å²) in [6.07, 6.45) is 1.55. The van der Waals surface area contributed by atoms with Crippen LogP contribution in [-0.2, 0) is 4.79 Å². The van der Waals surface area contributed by atoms with Crippen LogP contribution in [0.2, 0.25) is 0 Å². The number of azo groups is 1. The number of amides is 1. The van der Waals surface area contributed by atoms with Crippen molar-refractivity contribution in [2.75, 3.05) is 7.11 Å². The van der Waals surface area contributed by atoms with E-state index < -0.39 is 5.91 Å². The Hall–Kier alpha value is -1.95. The molecule has 0 radical (unpaired) electrons. The minimum Gasteiger partial charge on any atom is -0.497 e. The monoisotopic (exact) mass is 276 g/mol. The number of Topliss-reactive ketones (excluding diaryl/α,β-unsaturated/α-hetero) is 1. The molecule has 1 aliphatic rings. The smallest absolute Gasteiger partial charge is 0.288 e. The summed E-state index contributed by atoms with van der Waals surface area (Å²) in [4.78, 5) is 23.0. The van der Waals surface area contributed by atoms with Gasteiger partial charge in [-0.2, -0.15) is 5.11 Å². The first-order valence-corrected chi connectivity index (χ1v) is 6.57. The molecule has 1 unspecified atom stereocenters. The molecule has 19 heavy (non-hydrogen) atoms. The van der Waals surface area contributed by atoms with Gasteiger partial charge in [0.05, 0.1) is 7.11 Å². The summed E-state index contributed by atoms with van der Waals surface area (Å²) in [5.41, 5.74) is 0.594. The van der Waals surface area contributed by atoms with E-state index in [0.717, 1.165) is 0 Å². The van der Waals surface area contributed by atoms with Gasteiger partial charge in [-0.05, 0) is 29.7 Å². The summed E-state index contributed by atoms with van der Waals surface area (Å²) in [7, 11) is 1.57. The summed E-state index contributed by atoms with van der Waals surface area (Å²) in [5.74, 6) is 0.266. The van der Waals surface area contributed by atoms with Gasteiger partial charge in [0.25, 0.3) is 5.91 Å². The van der Waals surface area contributed by atoms with Gasteiger partial charge in [-0.3, -0.25) is 9.59 Å². The Morgan fingerprint density at radius 1 is 1.37 bits per heavy atom. The van der Waals surface area contributed by atoms with Gasteiger partial charge in [0.2, 0.25) is 0 Å². The quantitative estimate of drug-likeness (QED) is 0.793. The zero-order valence-corrected chi connectivity index (χ0v) is 11.1. The van der Waals surface area contributed by atoms with Crippen molar-refractivity contribution in [3.63, 3.8) is 0 Å². The Kier molecular flexibility index (Phi) is 4.46. The molecular formula is C13H12N2O3S. The van der Waals surface area contributed by atoms with E-state index in [1.54, 1.807) is 36.8 Å². The van der Waals surface area contributed by atoms with Crippen molar-refractivity contribution in [2.24, 2.45) is 10.2 Å². The molecule has 1 aromatic carbocycles. The van der Waals surface area contributed by atoms with Crippen molar-refractivity contribution in [3.8, 4) is 5.75 Å². The van der Waals surface area contributed by atoms with Gasteiger partial charge in [0.1, 0.15) is 11.1 Å². The molecular weight excluding hydrogens is 264 g/mol. The molecule has 1 heterocycles. The average molecular weight is 276 g/mol. The number of hydrogen-bond donors (Lipinski definition) is 0. The molecule has 5 nitrogen and oxygen atoms in total. The van der Waals surface area contributed by atoms with Crippen LogP contribution in [0, 0.1) is 0 Å². The first kappa shape index (κ1) is 13.5. The molecule has 1 aromatic rings. The fourth-order valence-corrected chi connectivity index (χ4v) is 2.24. The molecule has 0 spiro atoms. The van der Waals surface area contributed by atoms with Crippen LogP contribution in [0.3, 0.4) is 0 Å². The molecule has 0 fully saturated rings. The van der Waals surface area contributed by atoms with Crippen molar-refractivity contribution >= 4 is 23.5 Å². The Morgan fingerprint density at radius 3 is 2.79 bits per heavy atom. The van der Waals surface area contributed by atoms with E-state index in [2.05, 4.69) is 10.2 Å². The van der Waals surface area contributed by atoms with E-state index in [1.165, 1.54) is 17.8 Å². The van der Waals surface area contributed by atoms with Gasteiger partial charge >= 0.3 is 0 Å². The lowest BCUT2D eigenvalue weighted by Crippen LogP contribution is -2.07. The first-order valence-electron chi connectivity index (χ1n) is 5.63. The Bertz CT molecular complexity index is 537. The van der Waals surface area contributed by atoms with E-state index >= 15 is 0 Å². The van der Waals surface area contributed by atoms with E-state index in [-0.39, 0.29) is 17.6 Å². The van der Waals surface area contributed by atoms with Gasteiger partial charge in [-0.1, -0.05) is 0 Å². The fraction of sp³-hybridized carbons (Fsp3) is 0.231. The SMILES string of the molecule is COc1ccc(C(=O)CC2N=NC(=O)C=CS2)cc1. The van der Waals surface area contributed by atoms with Crippen LogP contribution in [0.1, 0.15) is 16.8 Å². The second-order valence-electron chi connectivity index (χ2n) is 3.80. The lowest BCUT2D eigenvalue weighted by Gasteiger charge is -2.07. The average Bonchev–Trinajstić information content (AvgIpc) is 2.64. The van der Waals surface area contributed by atoms with E-state index in [0.29, 0.717) is 11.3 Å². The Morgan fingerprint density at radius 2 is 2.11 bits per heavy atom. The van der Waals surface area contributed by atoms with Crippen LogP contribution in [-0.4, -0.2) is 24.2 Å². The number of carbonyl (C=O) groups excluding carboxylic acids is 2. The van der Waals surface area contributed by atoms with Crippen LogP contribution in [0.5, 0.6) is 5.75 Å². The number of ether oxygens (including phenoxy) is 1. The highest BCUT2D eigenvalue weighted by molar-refractivity contribution is 8.02. The number of nitrogens with zero attached hydrogens (tertiary/aromatic N) is 2. The number of rotatable bonds is 4. The molecule has 1 aliphatic heterocycles. The third kappa shape index (κ3) is 3.75. The second-order valence-corrected chi connectivity index (χ2v) is 4.89. The molecule has 2 rings (SSSR count). The highest BCUT2D eigenvalue weighted by Crippen LogP contribution is 2.23. The minimum atomic E-state index is -0.396. The molecule has 0 aliphatic carbocycles. The van der Waals surface area contributed by atoms with Gasteiger partial charge in [0, 0.05) is 18.1 Å². The standard InChI is InChI=1S/C13H12N2O3S/c1-18-10-4-2-9(3-5-10)11(16)8-13-15-14-12(17)6-7-19-13/h2-7,13H,8H2,1H3. The van der Waals surface area contributed by atoms with Crippen LogP contribution in [0.4, 0.5) is 0 Å². The number of ketones is 1. The van der Waals surface area contributed by atoms with Crippen molar-refractivity contribution < 1.29 is 14.3 Å². The predicted molar refractivity (Wildman–Crippen MR) is 72.3 cm³/mol. The van der Waals surface area contributed by atoms with Crippen molar-refractivity contribution in [3.05, 3.63) is 41.3 Å².